The van der Waals surface area contributed by atoms with Crippen molar-refractivity contribution in [3.8, 4) is 6.01 Å². The molecule has 5 nitrogen and oxygen atoms in total. The highest BCUT2D eigenvalue weighted by Crippen LogP contribution is 2.26. The number of rotatable bonds is 4. The lowest BCUT2D eigenvalue weighted by Gasteiger charge is -2.17. The second kappa shape index (κ2) is 4.92. The number of aromatic hydroxyl groups is 1. The second-order valence-electron chi connectivity index (χ2n) is 5.90. The van der Waals surface area contributed by atoms with E-state index < -0.39 is 8.07 Å². The number of imidazole rings is 1. The molecule has 0 aliphatic heterocycles. The summed E-state index contributed by atoms with van der Waals surface area (Å²) in [5.41, 5.74) is 1.25. The normalized spacial score (nSPS) is 12.5. The molecule has 0 bridgehead atoms. The number of fused-ring (bicyclic) bond motifs is 1. The lowest BCUT2D eigenvalue weighted by Crippen LogP contribution is -2.40. The van der Waals surface area contributed by atoms with Crippen molar-refractivity contribution in [2.24, 2.45) is 0 Å². The van der Waals surface area contributed by atoms with Crippen LogP contribution < -0.4 is 5.32 Å². The molecule has 0 saturated carbocycles. The quantitative estimate of drug-likeness (QED) is 0.872. The molecule has 1 N–H and O–H groups in total. The third kappa shape index (κ3) is 2.49. The van der Waals surface area contributed by atoms with Gasteiger partial charge in [0.25, 0.3) is 6.01 Å². The van der Waals surface area contributed by atoms with E-state index in [1.54, 1.807) is 6.20 Å². The molecule has 19 heavy (non-hydrogen) atoms. The van der Waals surface area contributed by atoms with Crippen molar-refractivity contribution in [1.29, 1.82) is 0 Å². The first-order valence-corrected chi connectivity index (χ1v) is 10.3. The Kier molecular flexibility index (Phi) is 3.62. The molecule has 0 fully saturated rings. The van der Waals surface area contributed by atoms with Crippen molar-refractivity contribution in [2.75, 3.05) is 0 Å². The molecule has 0 radical (unpaired) electrons. The number of hydrogen-bond acceptors (Lipinski definition) is 4. The predicted molar refractivity (Wildman–Crippen MR) is 79.6 cm³/mol. The molecule has 0 atom stereocenters. The minimum absolute atomic E-state index is 0.0245. The fourth-order valence-corrected chi connectivity index (χ4v) is 3.10. The third-order valence-electron chi connectivity index (χ3n) is 3.46. The minimum Gasteiger partial charge on any atom is -0.480 e. The summed E-state index contributed by atoms with van der Waals surface area (Å²) in [6, 6.07) is 0.243. The van der Waals surface area contributed by atoms with Crippen LogP contribution in [0.15, 0.2) is 6.20 Å². The highest BCUT2D eigenvalue weighted by Gasteiger charge is 2.23. The zero-order valence-electron chi connectivity index (χ0n) is 12.3. The molecule has 0 amide bonds. The summed E-state index contributed by atoms with van der Waals surface area (Å²) in [6.07, 6.45) is 3.68. The van der Waals surface area contributed by atoms with Gasteiger partial charge in [-0.1, -0.05) is 33.5 Å². The first-order valence-electron chi connectivity index (χ1n) is 6.82. The largest absolute Gasteiger partial charge is 0.480 e. The van der Waals surface area contributed by atoms with E-state index in [-0.39, 0.29) is 12.1 Å². The van der Waals surface area contributed by atoms with Crippen LogP contribution in [0.3, 0.4) is 0 Å². The highest BCUT2D eigenvalue weighted by molar-refractivity contribution is 6.88. The van der Waals surface area contributed by atoms with Crippen LogP contribution in [0.25, 0.3) is 11.3 Å². The molecule has 0 aliphatic carbocycles. The molecule has 2 rings (SSSR count). The second-order valence-corrected chi connectivity index (χ2v) is 10.9. The molecule has 0 unspecified atom stereocenters. The Labute approximate surface area is 114 Å². The zero-order chi connectivity index (χ0) is 14.2. The molecule has 0 aliphatic rings. The Morgan fingerprint density at radius 1 is 1.21 bits per heavy atom. The Morgan fingerprint density at radius 3 is 2.37 bits per heavy atom. The summed E-state index contributed by atoms with van der Waals surface area (Å²) in [7, 11) is -1.52. The predicted octanol–water partition coefficient (Wildman–Crippen LogP) is 2.44. The van der Waals surface area contributed by atoms with Gasteiger partial charge in [-0.25, -0.2) is 9.97 Å². The van der Waals surface area contributed by atoms with Gasteiger partial charge in [-0.2, -0.15) is 4.98 Å². The van der Waals surface area contributed by atoms with Gasteiger partial charge < -0.3 is 5.11 Å². The van der Waals surface area contributed by atoms with Gasteiger partial charge in [0.2, 0.25) is 5.65 Å². The highest BCUT2D eigenvalue weighted by atomic mass is 28.3. The van der Waals surface area contributed by atoms with Gasteiger partial charge in [-0.3, -0.25) is 4.57 Å². The van der Waals surface area contributed by atoms with Crippen LogP contribution in [0.4, 0.5) is 0 Å². The standard InChI is InChI=1S/C13H22N4OSi/c1-6-9(7-2)17-12-11(16-13(17)18)14-8-10(15-12)19(3,4)5/h8-9H,6-7H2,1-5H3,(H,14,16,18). The maximum absolute atomic E-state index is 10.0. The summed E-state index contributed by atoms with van der Waals surface area (Å²) in [5, 5.41) is 11.1. The smallest absolute Gasteiger partial charge is 0.297 e. The van der Waals surface area contributed by atoms with Crippen molar-refractivity contribution in [1.82, 2.24) is 19.5 Å². The van der Waals surface area contributed by atoms with Crippen LogP contribution in [-0.4, -0.2) is 32.7 Å². The van der Waals surface area contributed by atoms with E-state index in [4.69, 9.17) is 4.98 Å². The van der Waals surface area contributed by atoms with Gasteiger partial charge in [0.05, 0.1) is 0 Å². The van der Waals surface area contributed by atoms with E-state index in [0.717, 1.165) is 18.2 Å². The number of aromatic nitrogens is 4. The lowest BCUT2D eigenvalue weighted by molar-refractivity contribution is 0.360. The monoisotopic (exact) mass is 278 g/mol. The van der Waals surface area contributed by atoms with E-state index in [0.29, 0.717) is 11.3 Å². The van der Waals surface area contributed by atoms with Crippen LogP contribution in [0.2, 0.25) is 19.6 Å². The van der Waals surface area contributed by atoms with E-state index in [1.807, 2.05) is 4.57 Å². The number of hydrogen-bond donors (Lipinski definition) is 1. The number of nitrogens with zero attached hydrogens (tertiary/aromatic N) is 4. The molecule has 2 heterocycles. The summed E-state index contributed by atoms with van der Waals surface area (Å²) in [5.74, 6) is 0. The maximum Gasteiger partial charge on any atom is 0.297 e. The average molecular weight is 278 g/mol. The molecule has 0 spiro atoms. The zero-order valence-corrected chi connectivity index (χ0v) is 13.3. The van der Waals surface area contributed by atoms with Gasteiger partial charge in [0.15, 0.2) is 5.65 Å². The first kappa shape index (κ1) is 14.0. The molecule has 6 heteroatoms. The van der Waals surface area contributed by atoms with Crippen LogP contribution >= 0.6 is 0 Å². The van der Waals surface area contributed by atoms with Crippen molar-refractivity contribution in [3.05, 3.63) is 6.20 Å². The molecule has 2 aromatic heterocycles. The minimum atomic E-state index is -1.52. The van der Waals surface area contributed by atoms with Crippen molar-refractivity contribution < 1.29 is 5.11 Å². The van der Waals surface area contributed by atoms with Crippen molar-refractivity contribution in [3.63, 3.8) is 0 Å². The SMILES string of the molecule is CCC(CC)n1c(O)nc2ncc([Si](C)(C)C)nc21. The topological polar surface area (TPSA) is 63.8 Å². The van der Waals surface area contributed by atoms with Gasteiger partial charge in [0, 0.05) is 17.6 Å². The fourth-order valence-electron chi connectivity index (χ4n) is 2.21. The van der Waals surface area contributed by atoms with Crippen molar-refractivity contribution >= 4 is 24.7 Å². The summed E-state index contributed by atoms with van der Waals surface area (Å²) in [4.78, 5) is 13.2. The molecule has 0 saturated heterocycles. The molecular weight excluding hydrogens is 256 g/mol. The van der Waals surface area contributed by atoms with Crippen LogP contribution in [0.1, 0.15) is 32.7 Å². The van der Waals surface area contributed by atoms with Gasteiger partial charge >= 0.3 is 0 Å². The molecule has 104 valence electrons. The van der Waals surface area contributed by atoms with Gasteiger partial charge in [-0.05, 0) is 12.8 Å². The van der Waals surface area contributed by atoms with Crippen LogP contribution in [-0.2, 0) is 0 Å². The van der Waals surface area contributed by atoms with Crippen molar-refractivity contribution in [2.45, 2.75) is 52.4 Å². The third-order valence-corrected chi connectivity index (χ3v) is 5.24. The first-order chi connectivity index (χ1) is 8.88. The Balaban J connectivity index is 2.66. The lowest BCUT2D eigenvalue weighted by atomic mass is 10.2. The maximum atomic E-state index is 10.0. The van der Waals surface area contributed by atoms with Crippen LogP contribution in [0, 0.1) is 0 Å². The Bertz CT molecular complexity index is 584. The van der Waals surface area contributed by atoms with E-state index in [9.17, 15) is 5.11 Å². The molecule has 2 aromatic rings. The summed E-state index contributed by atoms with van der Waals surface area (Å²) < 4.78 is 1.83. The van der Waals surface area contributed by atoms with E-state index in [2.05, 4.69) is 43.5 Å². The Hall–Kier alpha value is -1.43. The van der Waals surface area contributed by atoms with Crippen LogP contribution in [0.5, 0.6) is 6.01 Å². The van der Waals surface area contributed by atoms with Gasteiger partial charge in [0.1, 0.15) is 8.07 Å². The average Bonchev–Trinajstić information content (AvgIpc) is 2.66. The van der Waals surface area contributed by atoms with Gasteiger partial charge in [-0.15, -0.1) is 0 Å². The molecule has 0 aromatic carbocycles. The summed E-state index contributed by atoms with van der Waals surface area (Å²) in [6.45, 7) is 10.9. The van der Waals surface area contributed by atoms with E-state index in [1.165, 1.54) is 0 Å². The van der Waals surface area contributed by atoms with E-state index >= 15 is 0 Å². The fraction of sp³-hybridized carbons (Fsp3) is 0.615. The Morgan fingerprint density at radius 2 is 1.84 bits per heavy atom. The molecular formula is C13H22N4OSi. The summed E-state index contributed by atoms with van der Waals surface area (Å²) >= 11 is 0.